The smallest absolute Gasteiger partial charge is 0.131 e. The highest BCUT2D eigenvalue weighted by atomic mass is 35.5. The van der Waals surface area contributed by atoms with Gasteiger partial charge in [0.15, 0.2) is 0 Å². The molecule has 4 heteroatoms. The van der Waals surface area contributed by atoms with E-state index >= 15 is 0 Å². The molecule has 1 heterocycles. The molecular weight excluding hydrogens is 266 g/mol. The zero-order valence-electron chi connectivity index (χ0n) is 8.51. The Balaban J connectivity index is 2.41. The van der Waals surface area contributed by atoms with E-state index in [0.717, 1.165) is 4.88 Å². The van der Waals surface area contributed by atoms with Crippen molar-refractivity contribution in [1.82, 2.24) is 0 Å². The predicted molar refractivity (Wildman–Crippen MR) is 68.2 cm³/mol. The maximum atomic E-state index is 13.8. The predicted octanol–water partition coefficient (Wildman–Crippen LogP) is 5.18. The molecule has 16 heavy (non-hydrogen) atoms. The van der Waals surface area contributed by atoms with E-state index in [2.05, 4.69) is 0 Å². The molecule has 0 radical (unpaired) electrons. The van der Waals surface area contributed by atoms with Crippen molar-refractivity contribution < 1.29 is 4.39 Å². The Hall–Kier alpha value is -0.570. The summed E-state index contributed by atoms with van der Waals surface area (Å²) in [5.74, 6) is -0.243. The van der Waals surface area contributed by atoms with Crippen molar-refractivity contribution in [3.05, 3.63) is 56.5 Å². The van der Waals surface area contributed by atoms with Gasteiger partial charge < -0.3 is 0 Å². The minimum absolute atomic E-state index is 0.243. The fourth-order valence-corrected chi connectivity index (χ4v) is 2.92. The number of benzene rings is 1. The molecule has 0 nitrogen and oxygen atoms in total. The van der Waals surface area contributed by atoms with Crippen molar-refractivity contribution in [1.29, 1.82) is 0 Å². The van der Waals surface area contributed by atoms with Crippen molar-refractivity contribution in [3.8, 4) is 0 Å². The largest absolute Gasteiger partial charge is 0.206 e. The van der Waals surface area contributed by atoms with Crippen LogP contribution in [0.3, 0.4) is 0 Å². The van der Waals surface area contributed by atoms with Gasteiger partial charge in [0, 0.05) is 10.4 Å². The Morgan fingerprint density at radius 3 is 2.62 bits per heavy atom. The molecule has 0 aliphatic carbocycles. The molecule has 0 saturated heterocycles. The lowest BCUT2D eigenvalue weighted by molar-refractivity contribution is 0.604. The molecule has 1 aromatic heterocycles. The van der Waals surface area contributed by atoms with Gasteiger partial charge in [-0.05, 0) is 24.6 Å². The standard InChI is InChI=1S/C12H9Cl2FS/c1-7-3-2-4-8(12(7)15)11(14)9-5-6-10(13)16-9/h2-6,11H,1H3. The number of hydrogen-bond acceptors (Lipinski definition) is 1. The third-order valence-electron chi connectivity index (χ3n) is 2.34. The SMILES string of the molecule is Cc1cccc(C(Cl)c2ccc(Cl)s2)c1F. The highest BCUT2D eigenvalue weighted by molar-refractivity contribution is 7.16. The van der Waals surface area contributed by atoms with Crippen LogP contribution >= 0.6 is 34.5 Å². The van der Waals surface area contributed by atoms with Gasteiger partial charge in [0.25, 0.3) is 0 Å². The summed E-state index contributed by atoms with van der Waals surface area (Å²) >= 11 is 13.4. The van der Waals surface area contributed by atoms with Gasteiger partial charge in [-0.2, -0.15) is 0 Å². The average molecular weight is 275 g/mol. The van der Waals surface area contributed by atoms with E-state index in [1.165, 1.54) is 11.3 Å². The molecule has 1 unspecified atom stereocenters. The summed E-state index contributed by atoms with van der Waals surface area (Å²) in [5.41, 5.74) is 1.10. The molecule has 2 aromatic rings. The van der Waals surface area contributed by atoms with Crippen LogP contribution in [-0.4, -0.2) is 0 Å². The van der Waals surface area contributed by atoms with Gasteiger partial charge in [0.05, 0.1) is 9.71 Å². The molecule has 0 saturated carbocycles. The topological polar surface area (TPSA) is 0 Å². The van der Waals surface area contributed by atoms with Crippen molar-refractivity contribution in [2.75, 3.05) is 0 Å². The van der Waals surface area contributed by atoms with E-state index in [-0.39, 0.29) is 5.82 Å². The fourth-order valence-electron chi connectivity index (χ4n) is 1.48. The quantitative estimate of drug-likeness (QED) is 0.663. The Kier molecular flexibility index (Phi) is 3.53. The Labute approximate surface area is 108 Å². The summed E-state index contributed by atoms with van der Waals surface area (Å²) in [6.45, 7) is 1.73. The number of alkyl halides is 1. The first-order chi connectivity index (χ1) is 7.59. The molecule has 1 atom stereocenters. The van der Waals surface area contributed by atoms with Crippen LogP contribution in [0.15, 0.2) is 30.3 Å². The number of rotatable bonds is 2. The summed E-state index contributed by atoms with van der Waals surface area (Å²) in [7, 11) is 0. The molecule has 0 spiro atoms. The Morgan fingerprint density at radius 1 is 1.25 bits per heavy atom. The van der Waals surface area contributed by atoms with Crippen LogP contribution in [0.25, 0.3) is 0 Å². The van der Waals surface area contributed by atoms with E-state index in [9.17, 15) is 4.39 Å². The molecule has 0 aliphatic rings. The van der Waals surface area contributed by atoms with Gasteiger partial charge in [-0.25, -0.2) is 4.39 Å². The van der Waals surface area contributed by atoms with Gasteiger partial charge in [0.1, 0.15) is 5.82 Å². The Bertz CT molecular complexity index is 507. The fraction of sp³-hybridized carbons (Fsp3) is 0.167. The van der Waals surface area contributed by atoms with Crippen LogP contribution in [0.4, 0.5) is 4.39 Å². The van der Waals surface area contributed by atoms with Gasteiger partial charge in [-0.1, -0.05) is 29.8 Å². The molecular formula is C12H9Cl2FS. The minimum Gasteiger partial charge on any atom is -0.206 e. The molecule has 1 aromatic carbocycles. The zero-order chi connectivity index (χ0) is 11.7. The van der Waals surface area contributed by atoms with Gasteiger partial charge in [-0.15, -0.1) is 22.9 Å². The number of halogens is 3. The molecule has 0 fully saturated rings. The highest BCUT2D eigenvalue weighted by Crippen LogP contribution is 2.36. The van der Waals surface area contributed by atoms with E-state index in [4.69, 9.17) is 23.2 Å². The lowest BCUT2D eigenvalue weighted by atomic mass is 10.1. The van der Waals surface area contributed by atoms with Crippen molar-refractivity contribution in [2.45, 2.75) is 12.3 Å². The van der Waals surface area contributed by atoms with E-state index in [1.54, 1.807) is 31.2 Å². The highest BCUT2D eigenvalue weighted by Gasteiger charge is 2.17. The van der Waals surface area contributed by atoms with Gasteiger partial charge in [-0.3, -0.25) is 0 Å². The first-order valence-corrected chi connectivity index (χ1v) is 6.37. The maximum Gasteiger partial charge on any atom is 0.131 e. The molecule has 0 aliphatic heterocycles. The molecule has 0 amide bonds. The van der Waals surface area contributed by atoms with Crippen LogP contribution in [0.5, 0.6) is 0 Å². The summed E-state index contributed by atoms with van der Waals surface area (Å²) in [6.07, 6.45) is 0. The molecule has 84 valence electrons. The van der Waals surface area contributed by atoms with Crippen LogP contribution in [0, 0.1) is 12.7 Å². The number of thiophene rings is 1. The number of aryl methyl sites for hydroxylation is 1. The second-order valence-electron chi connectivity index (χ2n) is 3.48. The van der Waals surface area contributed by atoms with Crippen molar-refractivity contribution >= 4 is 34.5 Å². The lowest BCUT2D eigenvalue weighted by Gasteiger charge is -2.10. The molecule has 0 N–H and O–H groups in total. The van der Waals surface area contributed by atoms with Crippen molar-refractivity contribution in [3.63, 3.8) is 0 Å². The second kappa shape index (κ2) is 4.74. The van der Waals surface area contributed by atoms with Crippen LogP contribution in [0.1, 0.15) is 21.4 Å². The monoisotopic (exact) mass is 274 g/mol. The molecule has 2 rings (SSSR count). The normalized spacial score (nSPS) is 12.8. The van der Waals surface area contributed by atoms with Gasteiger partial charge >= 0.3 is 0 Å². The van der Waals surface area contributed by atoms with Crippen LogP contribution in [0.2, 0.25) is 4.34 Å². The van der Waals surface area contributed by atoms with E-state index < -0.39 is 5.38 Å². The summed E-state index contributed by atoms with van der Waals surface area (Å²) < 4.78 is 14.5. The summed E-state index contributed by atoms with van der Waals surface area (Å²) in [5, 5.41) is -0.475. The zero-order valence-corrected chi connectivity index (χ0v) is 10.8. The van der Waals surface area contributed by atoms with E-state index in [1.807, 2.05) is 6.07 Å². The second-order valence-corrected chi connectivity index (χ2v) is 5.67. The third kappa shape index (κ3) is 2.24. The molecule has 0 bridgehead atoms. The Morgan fingerprint density at radius 2 is 2.00 bits per heavy atom. The third-order valence-corrected chi connectivity index (χ3v) is 4.23. The lowest BCUT2D eigenvalue weighted by Crippen LogP contribution is -1.96. The maximum absolute atomic E-state index is 13.8. The number of hydrogen-bond donors (Lipinski definition) is 0. The average Bonchev–Trinajstić information content (AvgIpc) is 2.68. The van der Waals surface area contributed by atoms with E-state index in [0.29, 0.717) is 15.5 Å². The van der Waals surface area contributed by atoms with Crippen LogP contribution < -0.4 is 0 Å². The first-order valence-electron chi connectivity index (χ1n) is 4.74. The first kappa shape index (κ1) is 11.9. The van der Waals surface area contributed by atoms with Crippen molar-refractivity contribution in [2.24, 2.45) is 0 Å². The van der Waals surface area contributed by atoms with Gasteiger partial charge in [0.2, 0.25) is 0 Å². The van der Waals surface area contributed by atoms with Crippen LogP contribution in [-0.2, 0) is 0 Å². The minimum atomic E-state index is -0.475. The summed E-state index contributed by atoms with van der Waals surface area (Å²) in [6, 6.07) is 8.83. The summed E-state index contributed by atoms with van der Waals surface area (Å²) in [4.78, 5) is 0.858.